The minimum Gasteiger partial charge on any atom is -0.351 e. The quantitative estimate of drug-likeness (QED) is 0.564. The molecule has 0 atom stereocenters. The number of benzene rings is 2. The summed E-state index contributed by atoms with van der Waals surface area (Å²) in [5.74, 6) is -0.177. The molecule has 1 aromatic heterocycles. The third kappa shape index (κ3) is 4.46. The zero-order valence-electron chi connectivity index (χ0n) is 13.0. The lowest BCUT2D eigenvalue weighted by Crippen LogP contribution is -2.19. The van der Waals surface area contributed by atoms with Gasteiger partial charge in [0, 0.05) is 20.7 Å². The lowest BCUT2D eigenvalue weighted by Gasteiger charge is -2.05. The summed E-state index contributed by atoms with van der Waals surface area (Å²) in [5, 5.41) is 5.30. The number of anilines is 2. The second kappa shape index (κ2) is 7.50. The summed E-state index contributed by atoms with van der Waals surface area (Å²) < 4.78 is 1.01. The number of nitrogens with two attached hydrogens (primary N) is 1. The number of hydrogen-bond acceptors (Lipinski definition) is 3. The van der Waals surface area contributed by atoms with Gasteiger partial charge in [0.1, 0.15) is 0 Å². The Bertz CT molecular complexity index is 905. The first-order chi connectivity index (χ1) is 12.0. The first kappa shape index (κ1) is 17.2. The van der Waals surface area contributed by atoms with Crippen LogP contribution in [0, 0.1) is 0 Å². The van der Waals surface area contributed by atoms with Crippen molar-refractivity contribution in [3.8, 4) is 10.4 Å². The van der Waals surface area contributed by atoms with Gasteiger partial charge in [-0.1, -0.05) is 28.1 Å². The van der Waals surface area contributed by atoms with E-state index in [2.05, 4.69) is 26.6 Å². The summed E-state index contributed by atoms with van der Waals surface area (Å²) in [6.07, 6.45) is 0. The van der Waals surface area contributed by atoms with E-state index in [0.29, 0.717) is 16.3 Å². The highest BCUT2D eigenvalue weighted by Crippen LogP contribution is 2.29. The molecule has 25 heavy (non-hydrogen) atoms. The zero-order valence-corrected chi connectivity index (χ0v) is 15.4. The Morgan fingerprint density at radius 2 is 1.44 bits per heavy atom. The van der Waals surface area contributed by atoms with Crippen molar-refractivity contribution in [2.75, 3.05) is 10.6 Å². The molecule has 0 fully saturated rings. The van der Waals surface area contributed by atoms with Gasteiger partial charge >= 0.3 is 6.03 Å². The largest absolute Gasteiger partial charge is 0.351 e. The summed E-state index contributed by atoms with van der Waals surface area (Å²) in [5.41, 5.74) is 7.33. The smallest absolute Gasteiger partial charge is 0.316 e. The molecule has 126 valence electrons. The van der Waals surface area contributed by atoms with E-state index in [1.165, 1.54) is 11.3 Å². The lowest BCUT2D eigenvalue weighted by atomic mass is 10.2. The second-order valence-electron chi connectivity index (χ2n) is 5.19. The van der Waals surface area contributed by atoms with Crippen LogP contribution in [0.15, 0.2) is 65.1 Å². The normalized spacial score (nSPS) is 10.3. The van der Waals surface area contributed by atoms with Crippen LogP contribution in [0.1, 0.15) is 9.67 Å². The minimum absolute atomic E-state index is 0.177. The molecule has 0 aliphatic carbocycles. The van der Waals surface area contributed by atoms with E-state index < -0.39 is 6.03 Å². The van der Waals surface area contributed by atoms with Gasteiger partial charge in [-0.3, -0.25) is 4.79 Å². The van der Waals surface area contributed by atoms with Crippen LogP contribution in [0.4, 0.5) is 16.2 Å². The summed E-state index contributed by atoms with van der Waals surface area (Å²) >= 11 is 4.84. The molecule has 3 aromatic rings. The minimum atomic E-state index is -0.629. The third-order valence-corrected chi connectivity index (χ3v) is 5.03. The fourth-order valence-corrected chi connectivity index (χ4v) is 3.37. The monoisotopic (exact) mass is 415 g/mol. The topological polar surface area (TPSA) is 84.2 Å². The van der Waals surface area contributed by atoms with Gasteiger partial charge in [0.2, 0.25) is 0 Å². The van der Waals surface area contributed by atoms with Crippen molar-refractivity contribution >= 4 is 50.6 Å². The standard InChI is InChI=1S/C18H14BrN3O2S/c19-12-3-1-11(2-4-12)15-9-10-16(25-15)17(23)21-13-5-7-14(8-6-13)22-18(20)24/h1-10H,(H,21,23)(H3,20,22,24). The zero-order chi connectivity index (χ0) is 17.8. The van der Waals surface area contributed by atoms with Crippen molar-refractivity contribution in [3.63, 3.8) is 0 Å². The van der Waals surface area contributed by atoms with Gasteiger partial charge in [-0.25, -0.2) is 4.79 Å². The van der Waals surface area contributed by atoms with Crippen molar-refractivity contribution in [2.24, 2.45) is 5.73 Å². The van der Waals surface area contributed by atoms with Crippen LogP contribution < -0.4 is 16.4 Å². The highest BCUT2D eigenvalue weighted by molar-refractivity contribution is 9.10. The average molecular weight is 416 g/mol. The van der Waals surface area contributed by atoms with Gasteiger partial charge in [0.05, 0.1) is 4.88 Å². The number of thiophene rings is 1. The molecular formula is C18H14BrN3O2S. The predicted molar refractivity (Wildman–Crippen MR) is 105 cm³/mol. The van der Waals surface area contributed by atoms with E-state index in [9.17, 15) is 9.59 Å². The molecule has 4 N–H and O–H groups in total. The summed E-state index contributed by atoms with van der Waals surface area (Å²) in [6, 6.07) is 17.8. The molecular weight excluding hydrogens is 402 g/mol. The molecule has 0 aliphatic heterocycles. The highest BCUT2D eigenvalue weighted by atomic mass is 79.9. The summed E-state index contributed by atoms with van der Waals surface area (Å²) in [4.78, 5) is 24.8. The molecule has 1 heterocycles. The van der Waals surface area contributed by atoms with Crippen molar-refractivity contribution in [3.05, 3.63) is 70.0 Å². The van der Waals surface area contributed by atoms with Crippen LogP contribution in [-0.2, 0) is 0 Å². The van der Waals surface area contributed by atoms with E-state index in [0.717, 1.165) is 14.9 Å². The SMILES string of the molecule is NC(=O)Nc1ccc(NC(=O)c2ccc(-c3ccc(Br)cc3)s2)cc1. The second-order valence-corrected chi connectivity index (χ2v) is 7.19. The molecule has 0 radical (unpaired) electrons. The molecule has 3 rings (SSSR count). The van der Waals surface area contributed by atoms with Gasteiger partial charge in [-0.15, -0.1) is 11.3 Å². The van der Waals surface area contributed by atoms with E-state index in [-0.39, 0.29) is 5.91 Å². The molecule has 0 unspecified atom stereocenters. The van der Waals surface area contributed by atoms with Gasteiger partial charge in [0.25, 0.3) is 5.91 Å². The lowest BCUT2D eigenvalue weighted by molar-refractivity contribution is 0.103. The molecule has 2 aromatic carbocycles. The molecule has 0 spiro atoms. The molecule has 3 amide bonds. The van der Waals surface area contributed by atoms with Crippen LogP contribution in [0.3, 0.4) is 0 Å². The molecule has 7 heteroatoms. The molecule has 0 saturated heterocycles. The summed E-state index contributed by atoms with van der Waals surface area (Å²) in [7, 11) is 0. The van der Waals surface area contributed by atoms with Crippen LogP contribution in [0.25, 0.3) is 10.4 Å². The number of amides is 3. The molecule has 0 aliphatic rings. The highest BCUT2D eigenvalue weighted by Gasteiger charge is 2.11. The molecule has 0 bridgehead atoms. The van der Waals surface area contributed by atoms with E-state index in [4.69, 9.17) is 5.73 Å². The van der Waals surface area contributed by atoms with Crippen LogP contribution in [-0.4, -0.2) is 11.9 Å². The van der Waals surface area contributed by atoms with Crippen LogP contribution in [0.2, 0.25) is 0 Å². The fraction of sp³-hybridized carbons (Fsp3) is 0. The van der Waals surface area contributed by atoms with Crippen molar-refractivity contribution in [2.45, 2.75) is 0 Å². The Morgan fingerprint density at radius 3 is 2.04 bits per heavy atom. The maximum absolute atomic E-state index is 12.4. The van der Waals surface area contributed by atoms with E-state index in [1.54, 1.807) is 30.3 Å². The molecule has 5 nitrogen and oxygen atoms in total. The molecule has 0 saturated carbocycles. The van der Waals surface area contributed by atoms with Gasteiger partial charge < -0.3 is 16.4 Å². The van der Waals surface area contributed by atoms with Gasteiger partial charge in [-0.05, 0) is 54.1 Å². The van der Waals surface area contributed by atoms with Crippen molar-refractivity contribution in [1.82, 2.24) is 0 Å². The van der Waals surface area contributed by atoms with Gasteiger partial charge in [0.15, 0.2) is 0 Å². The number of halogens is 1. The number of primary amides is 1. The van der Waals surface area contributed by atoms with Crippen molar-refractivity contribution in [1.29, 1.82) is 0 Å². The van der Waals surface area contributed by atoms with Crippen molar-refractivity contribution < 1.29 is 9.59 Å². The Balaban J connectivity index is 1.69. The number of rotatable bonds is 4. The maximum Gasteiger partial charge on any atom is 0.316 e. The third-order valence-electron chi connectivity index (χ3n) is 3.37. The number of carbonyl (C=O) groups is 2. The Labute approximate surface area is 157 Å². The number of hydrogen-bond donors (Lipinski definition) is 3. The Kier molecular flexibility index (Phi) is 5.16. The maximum atomic E-state index is 12.4. The van der Waals surface area contributed by atoms with E-state index >= 15 is 0 Å². The van der Waals surface area contributed by atoms with E-state index in [1.807, 2.05) is 30.3 Å². The average Bonchev–Trinajstić information content (AvgIpc) is 3.07. The first-order valence-electron chi connectivity index (χ1n) is 7.35. The predicted octanol–water partition coefficient (Wildman–Crippen LogP) is 4.92. The fourth-order valence-electron chi connectivity index (χ4n) is 2.20. The van der Waals surface area contributed by atoms with Crippen LogP contribution in [0.5, 0.6) is 0 Å². The van der Waals surface area contributed by atoms with Gasteiger partial charge in [-0.2, -0.15) is 0 Å². The Hall–Kier alpha value is -2.64. The number of urea groups is 1. The van der Waals surface area contributed by atoms with Crippen LogP contribution >= 0.6 is 27.3 Å². The number of carbonyl (C=O) groups excluding carboxylic acids is 2. The first-order valence-corrected chi connectivity index (χ1v) is 8.96. The number of nitrogens with one attached hydrogen (secondary N) is 2. The Morgan fingerprint density at radius 1 is 0.840 bits per heavy atom. The summed E-state index contributed by atoms with van der Waals surface area (Å²) in [6.45, 7) is 0.